The fourth-order valence-corrected chi connectivity index (χ4v) is 2.31. The molecule has 1 heterocycles. The highest BCUT2D eigenvalue weighted by Gasteiger charge is 2.27. The third-order valence-electron chi connectivity index (χ3n) is 3.56. The SMILES string of the molecule is Cc1cccc(N2CCCNC(CO)C2=O)c1C. The summed E-state index contributed by atoms with van der Waals surface area (Å²) in [4.78, 5) is 14.1. The maximum Gasteiger partial charge on any atom is 0.246 e. The highest BCUT2D eigenvalue weighted by atomic mass is 16.3. The molecule has 0 radical (unpaired) electrons. The zero-order chi connectivity index (χ0) is 13.1. The number of hydrogen-bond acceptors (Lipinski definition) is 3. The fourth-order valence-electron chi connectivity index (χ4n) is 2.31. The molecule has 0 aromatic heterocycles. The number of carbonyl (C=O) groups excluding carboxylic acids is 1. The molecule has 2 N–H and O–H groups in total. The van der Waals surface area contributed by atoms with E-state index < -0.39 is 6.04 Å². The molecular formula is C14H20N2O2. The molecule has 1 aromatic rings. The van der Waals surface area contributed by atoms with E-state index in [-0.39, 0.29) is 12.5 Å². The van der Waals surface area contributed by atoms with Crippen LogP contribution in [0.5, 0.6) is 0 Å². The van der Waals surface area contributed by atoms with Crippen molar-refractivity contribution in [3.8, 4) is 0 Å². The van der Waals surface area contributed by atoms with Crippen molar-refractivity contribution >= 4 is 11.6 Å². The molecule has 1 fully saturated rings. The zero-order valence-corrected chi connectivity index (χ0v) is 10.9. The minimum atomic E-state index is -0.479. The summed E-state index contributed by atoms with van der Waals surface area (Å²) < 4.78 is 0. The van der Waals surface area contributed by atoms with Gasteiger partial charge in [-0.15, -0.1) is 0 Å². The van der Waals surface area contributed by atoms with E-state index in [9.17, 15) is 9.90 Å². The van der Waals surface area contributed by atoms with Gasteiger partial charge in [0.05, 0.1) is 6.61 Å². The summed E-state index contributed by atoms with van der Waals surface area (Å²) >= 11 is 0. The molecular weight excluding hydrogens is 228 g/mol. The average molecular weight is 248 g/mol. The van der Waals surface area contributed by atoms with Gasteiger partial charge in [-0.1, -0.05) is 12.1 Å². The van der Waals surface area contributed by atoms with E-state index in [0.717, 1.165) is 24.2 Å². The summed E-state index contributed by atoms with van der Waals surface area (Å²) in [6.45, 7) is 5.39. The molecule has 1 aromatic carbocycles. The van der Waals surface area contributed by atoms with E-state index in [1.165, 1.54) is 5.56 Å². The third-order valence-corrected chi connectivity index (χ3v) is 3.56. The van der Waals surface area contributed by atoms with Crippen molar-refractivity contribution in [1.29, 1.82) is 0 Å². The van der Waals surface area contributed by atoms with Gasteiger partial charge in [-0.2, -0.15) is 0 Å². The molecule has 18 heavy (non-hydrogen) atoms. The van der Waals surface area contributed by atoms with Crippen LogP contribution >= 0.6 is 0 Å². The smallest absolute Gasteiger partial charge is 0.246 e. The van der Waals surface area contributed by atoms with Crippen molar-refractivity contribution in [1.82, 2.24) is 5.32 Å². The maximum atomic E-state index is 12.3. The second kappa shape index (κ2) is 5.50. The predicted molar refractivity (Wildman–Crippen MR) is 71.8 cm³/mol. The van der Waals surface area contributed by atoms with Crippen molar-refractivity contribution in [2.24, 2.45) is 0 Å². The number of nitrogens with one attached hydrogen (secondary N) is 1. The number of amides is 1. The number of anilines is 1. The predicted octanol–water partition coefficient (Wildman–Crippen LogP) is 0.991. The highest BCUT2D eigenvalue weighted by Crippen LogP contribution is 2.24. The summed E-state index contributed by atoms with van der Waals surface area (Å²) in [5.41, 5.74) is 3.27. The van der Waals surface area contributed by atoms with Crippen LogP contribution in [0.15, 0.2) is 18.2 Å². The molecule has 2 rings (SSSR count). The minimum absolute atomic E-state index is 0.0382. The largest absolute Gasteiger partial charge is 0.394 e. The summed E-state index contributed by atoms with van der Waals surface area (Å²) in [6.07, 6.45) is 0.898. The molecule has 4 heteroatoms. The van der Waals surface area contributed by atoms with Crippen LogP contribution in [0, 0.1) is 13.8 Å². The summed E-state index contributed by atoms with van der Waals surface area (Å²) in [6, 6.07) is 5.51. The maximum absolute atomic E-state index is 12.3. The molecule has 0 aliphatic carbocycles. The van der Waals surface area contributed by atoms with Crippen LogP contribution in [0.2, 0.25) is 0 Å². The Labute approximate surface area is 108 Å². The van der Waals surface area contributed by atoms with Crippen molar-refractivity contribution in [2.75, 3.05) is 24.6 Å². The van der Waals surface area contributed by atoms with Crippen LogP contribution in [0.3, 0.4) is 0 Å². The molecule has 0 saturated carbocycles. The quantitative estimate of drug-likeness (QED) is 0.820. The zero-order valence-electron chi connectivity index (χ0n) is 10.9. The standard InChI is InChI=1S/C14H20N2O2/c1-10-5-3-6-13(11(10)2)16-8-4-7-15-12(9-17)14(16)18/h3,5-6,12,15,17H,4,7-9H2,1-2H3. The first-order chi connectivity index (χ1) is 8.65. The van der Waals surface area contributed by atoms with Gasteiger partial charge in [0.15, 0.2) is 0 Å². The van der Waals surface area contributed by atoms with Gasteiger partial charge in [0.2, 0.25) is 5.91 Å². The second-order valence-corrected chi connectivity index (χ2v) is 4.75. The third kappa shape index (κ3) is 2.40. The first-order valence-corrected chi connectivity index (χ1v) is 6.37. The Balaban J connectivity index is 2.35. The normalized spacial score (nSPS) is 20.9. The first kappa shape index (κ1) is 13.1. The van der Waals surface area contributed by atoms with Gasteiger partial charge in [0.1, 0.15) is 6.04 Å². The molecule has 4 nitrogen and oxygen atoms in total. The number of aliphatic hydroxyl groups is 1. The Bertz CT molecular complexity index is 445. The van der Waals surface area contributed by atoms with Crippen molar-refractivity contribution in [2.45, 2.75) is 26.3 Å². The van der Waals surface area contributed by atoms with E-state index in [0.29, 0.717) is 6.54 Å². The number of hydrogen-bond donors (Lipinski definition) is 2. The topological polar surface area (TPSA) is 52.6 Å². The van der Waals surface area contributed by atoms with Crippen LogP contribution in [-0.2, 0) is 4.79 Å². The van der Waals surface area contributed by atoms with Gasteiger partial charge in [0.25, 0.3) is 0 Å². The number of nitrogens with zero attached hydrogens (tertiary/aromatic N) is 1. The molecule has 0 bridgehead atoms. The lowest BCUT2D eigenvalue weighted by molar-refractivity contribution is -0.121. The Hall–Kier alpha value is -1.39. The van der Waals surface area contributed by atoms with E-state index in [1.54, 1.807) is 4.90 Å². The Kier molecular flexibility index (Phi) is 3.99. The van der Waals surface area contributed by atoms with Crippen LogP contribution in [0.25, 0.3) is 0 Å². The first-order valence-electron chi connectivity index (χ1n) is 6.37. The molecule has 98 valence electrons. The minimum Gasteiger partial charge on any atom is -0.394 e. The van der Waals surface area contributed by atoms with Crippen LogP contribution in [0.1, 0.15) is 17.5 Å². The second-order valence-electron chi connectivity index (χ2n) is 4.75. The number of rotatable bonds is 2. The van der Waals surface area contributed by atoms with Gasteiger partial charge in [0, 0.05) is 12.2 Å². The monoisotopic (exact) mass is 248 g/mol. The van der Waals surface area contributed by atoms with Gasteiger partial charge >= 0.3 is 0 Å². The summed E-state index contributed by atoms with van der Waals surface area (Å²) in [5.74, 6) is -0.0382. The van der Waals surface area contributed by atoms with Crippen molar-refractivity contribution in [3.05, 3.63) is 29.3 Å². The molecule has 1 atom stereocenters. The van der Waals surface area contributed by atoms with Gasteiger partial charge in [-0.25, -0.2) is 0 Å². The van der Waals surface area contributed by atoms with Crippen molar-refractivity contribution in [3.63, 3.8) is 0 Å². The van der Waals surface area contributed by atoms with Gasteiger partial charge in [-0.05, 0) is 44.0 Å². The van der Waals surface area contributed by atoms with E-state index in [1.807, 2.05) is 32.0 Å². The van der Waals surface area contributed by atoms with E-state index >= 15 is 0 Å². The molecule has 1 aliphatic heterocycles. The van der Waals surface area contributed by atoms with E-state index in [2.05, 4.69) is 5.32 Å². The Morgan fingerprint density at radius 2 is 2.22 bits per heavy atom. The fraction of sp³-hybridized carbons (Fsp3) is 0.500. The summed E-state index contributed by atoms with van der Waals surface area (Å²) in [5, 5.41) is 12.3. The number of carbonyl (C=O) groups is 1. The highest BCUT2D eigenvalue weighted by molar-refractivity contribution is 5.98. The molecule has 0 spiro atoms. The lowest BCUT2D eigenvalue weighted by atomic mass is 10.1. The van der Waals surface area contributed by atoms with Gasteiger partial charge in [-0.3, -0.25) is 4.79 Å². The summed E-state index contributed by atoms with van der Waals surface area (Å²) in [7, 11) is 0. The molecule has 1 aliphatic rings. The number of benzene rings is 1. The van der Waals surface area contributed by atoms with Gasteiger partial charge < -0.3 is 15.3 Å². The van der Waals surface area contributed by atoms with Crippen LogP contribution < -0.4 is 10.2 Å². The van der Waals surface area contributed by atoms with Crippen LogP contribution in [-0.4, -0.2) is 36.8 Å². The van der Waals surface area contributed by atoms with E-state index in [4.69, 9.17) is 0 Å². The Morgan fingerprint density at radius 3 is 2.94 bits per heavy atom. The molecule has 1 unspecified atom stereocenters. The van der Waals surface area contributed by atoms with Crippen molar-refractivity contribution < 1.29 is 9.90 Å². The van der Waals surface area contributed by atoms with Crippen LogP contribution in [0.4, 0.5) is 5.69 Å². The lowest BCUT2D eigenvalue weighted by Crippen LogP contribution is -2.46. The molecule has 1 amide bonds. The lowest BCUT2D eigenvalue weighted by Gasteiger charge is -2.25. The average Bonchev–Trinajstić information content (AvgIpc) is 2.55. The number of aliphatic hydroxyl groups excluding tert-OH is 1. The molecule has 1 saturated heterocycles. The number of aryl methyl sites for hydroxylation is 1. The Morgan fingerprint density at radius 1 is 1.44 bits per heavy atom.